The van der Waals surface area contributed by atoms with E-state index in [2.05, 4.69) is 60.7 Å². The van der Waals surface area contributed by atoms with Crippen molar-refractivity contribution in [3.8, 4) is 0 Å². The third kappa shape index (κ3) is 4.17. The molecule has 0 aliphatic carbocycles. The van der Waals surface area contributed by atoms with Crippen molar-refractivity contribution in [2.75, 3.05) is 31.1 Å². The Morgan fingerprint density at radius 2 is 1.81 bits per heavy atom. The third-order valence-electron chi connectivity index (χ3n) is 6.09. The summed E-state index contributed by atoms with van der Waals surface area (Å²) in [6, 6.07) is 6.62. The number of H-pyrrole nitrogens is 1. The maximum absolute atomic E-state index is 12.6. The molecule has 4 rings (SSSR count). The van der Waals surface area contributed by atoms with E-state index in [9.17, 15) is 9.59 Å². The van der Waals surface area contributed by atoms with Crippen molar-refractivity contribution < 1.29 is 0 Å². The standard InChI is InChI=1S/C23H32N6O2/c1-15(2)13-29-19-20(26(5)23(31)25-21(19)30)24-22(29)28-10-8-27(9-11-28)14-18-12-16(3)6-7-17(18)4/h6-7,12,15H,8-11,13-14H2,1-5H3,(H,25,30,31). The van der Waals surface area contributed by atoms with E-state index < -0.39 is 5.69 Å². The number of fused-ring (bicyclic) bond motifs is 1. The summed E-state index contributed by atoms with van der Waals surface area (Å²) in [7, 11) is 1.65. The lowest BCUT2D eigenvalue weighted by molar-refractivity contribution is 0.247. The second-order valence-corrected chi connectivity index (χ2v) is 9.10. The van der Waals surface area contributed by atoms with Gasteiger partial charge in [-0.3, -0.25) is 19.2 Å². The van der Waals surface area contributed by atoms with E-state index in [4.69, 9.17) is 4.98 Å². The Hall–Kier alpha value is -2.87. The van der Waals surface area contributed by atoms with Gasteiger partial charge in [-0.1, -0.05) is 37.6 Å². The Bertz CT molecular complexity index is 1210. The number of aromatic nitrogens is 4. The van der Waals surface area contributed by atoms with E-state index in [0.717, 1.165) is 38.7 Å². The molecule has 1 saturated heterocycles. The van der Waals surface area contributed by atoms with Gasteiger partial charge in [0.1, 0.15) is 0 Å². The summed E-state index contributed by atoms with van der Waals surface area (Å²) in [6.45, 7) is 13.7. The number of rotatable bonds is 5. The minimum Gasteiger partial charge on any atom is -0.340 e. The highest BCUT2D eigenvalue weighted by Gasteiger charge is 2.25. The minimum atomic E-state index is -0.434. The molecule has 1 N–H and O–H groups in total. The molecule has 31 heavy (non-hydrogen) atoms. The molecule has 0 amide bonds. The summed E-state index contributed by atoms with van der Waals surface area (Å²) in [5.41, 5.74) is 4.11. The summed E-state index contributed by atoms with van der Waals surface area (Å²) in [4.78, 5) is 36.6. The number of nitrogens with zero attached hydrogens (tertiary/aromatic N) is 5. The van der Waals surface area contributed by atoms with Crippen LogP contribution in [0.1, 0.15) is 30.5 Å². The lowest BCUT2D eigenvalue weighted by Gasteiger charge is -2.36. The number of hydrogen-bond acceptors (Lipinski definition) is 5. The molecular weight excluding hydrogens is 392 g/mol. The highest BCUT2D eigenvalue weighted by molar-refractivity contribution is 5.74. The number of piperazine rings is 1. The first kappa shape index (κ1) is 21.4. The lowest BCUT2D eigenvalue weighted by atomic mass is 10.0. The van der Waals surface area contributed by atoms with Crippen molar-refractivity contribution in [1.29, 1.82) is 0 Å². The average molecular weight is 425 g/mol. The number of aromatic amines is 1. The van der Waals surface area contributed by atoms with Crippen molar-refractivity contribution >= 4 is 17.1 Å². The first-order valence-electron chi connectivity index (χ1n) is 11.0. The molecule has 1 aliphatic heterocycles. The first-order valence-corrected chi connectivity index (χ1v) is 11.0. The molecule has 1 fully saturated rings. The van der Waals surface area contributed by atoms with Crippen LogP contribution in [0, 0.1) is 19.8 Å². The Morgan fingerprint density at radius 3 is 2.48 bits per heavy atom. The van der Waals surface area contributed by atoms with Crippen LogP contribution in [0.4, 0.5) is 5.95 Å². The zero-order valence-electron chi connectivity index (χ0n) is 19.1. The van der Waals surface area contributed by atoms with Gasteiger partial charge in [0.05, 0.1) is 0 Å². The third-order valence-corrected chi connectivity index (χ3v) is 6.09. The predicted molar refractivity (Wildman–Crippen MR) is 124 cm³/mol. The Labute approximate surface area is 182 Å². The molecule has 8 heteroatoms. The highest BCUT2D eigenvalue weighted by Crippen LogP contribution is 2.23. The Balaban J connectivity index is 1.60. The van der Waals surface area contributed by atoms with E-state index in [1.165, 1.54) is 21.3 Å². The van der Waals surface area contributed by atoms with Gasteiger partial charge in [-0.05, 0) is 30.9 Å². The van der Waals surface area contributed by atoms with Gasteiger partial charge in [-0.15, -0.1) is 0 Å². The van der Waals surface area contributed by atoms with Crippen LogP contribution < -0.4 is 16.1 Å². The molecule has 3 heterocycles. The Kier molecular flexibility index (Phi) is 5.75. The molecular formula is C23H32N6O2. The predicted octanol–water partition coefficient (Wildman–Crippen LogP) is 2.02. The number of benzene rings is 1. The number of hydrogen-bond donors (Lipinski definition) is 1. The van der Waals surface area contributed by atoms with Crippen LogP contribution in [0.3, 0.4) is 0 Å². The zero-order chi connectivity index (χ0) is 22.3. The second-order valence-electron chi connectivity index (χ2n) is 9.10. The van der Waals surface area contributed by atoms with Crippen molar-refractivity contribution in [1.82, 2.24) is 24.0 Å². The molecule has 3 aromatic rings. The van der Waals surface area contributed by atoms with Gasteiger partial charge < -0.3 is 9.47 Å². The number of aryl methyl sites for hydroxylation is 3. The topological polar surface area (TPSA) is 79.2 Å². The molecule has 0 saturated carbocycles. The molecule has 8 nitrogen and oxygen atoms in total. The van der Waals surface area contributed by atoms with E-state index in [0.29, 0.717) is 23.6 Å². The molecule has 166 valence electrons. The van der Waals surface area contributed by atoms with Crippen LogP contribution in [0.5, 0.6) is 0 Å². The van der Waals surface area contributed by atoms with Crippen LogP contribution in [-0.4, -0.2) is 50.2 Å². The summed E-state index contributed by atoms with van der Waals surface area (Å²) in [6.07, 6.45) is 0. The molecule has 2 aromatic heterocycles. The fourth-order valence-corrected chi connectivity index (χ4v) is 4.32. The van der Waals surface area contributed by atoms with E-state index in [1.54, 1.807) is 7.05 Å². The molecule has 0 unspecified atom stereocenters. The Morgan fingerprint density at radius 1 is 1.10 bits per heavy atom. The fourth-order valence-electron chi connectivity index (χ4n) is 4.32. The van der Waals surface area contributed by atoms with Crippen LogP contribution in [0.25, 0.3) is 11.2 Å². The van der Waals surface area contributed by atoms with Gasteiger partial charge in [0.15, 0.2) is 11.2 Å². The minimum absolute atomic E-state index is 0.346. The summed E-state index contributed by atoms with van der Waals surface area (Å²) < 4.78 is 3.41. The number of nitrogens with one attached hydrogen (secondary N) is 1. The maximum atomic E-state index is 12.6. The molecule has 0 radical (unpaired) electrons. The van der Waals surface area contributed by atoms with Crippen molar-refractivity contribution in [2.45, 2.75) is 40.8 Å². The molecule has 0 atom stereocenters. The lowest BCUT2D eigenvalue weighted by Crippen LogP contribution is -2.47. The quantitative estimate of drug-likeness (QED) is 0.678. The molecule has 0 bridgehead atoms. The average Bonchev–Trinajstić information content (AvgIpc) is 3.09. The maximum Gasteiger partial charge on any atom is 0.329 e. The van der Waals surface area contributed by atoms with Gasteiger partial charge in [0.2, 0.25) is 5.95 Å². The number of anilines is 1. The normalized spacial score (nSPS) is 15.4. The largest absolute Gasteiger partial charge is 0.340 e. The van der Waals surface area contributed by atoms with Crippen LogP contribution >= 0.6 is 0 Å². The van der Waals surface area contributed by atoms with Gasteiger partial charge in [0, 0.05) is 46.3 Å². The van der Waals surface area contributed by atoms with E-state index >= 15 is 0 Å². The van der Waals surface area contributed by atoms with Crippen molar-refractivity contribution in [2.24, 2.45) is 13.0 Å². The van der Waals surface area contributed by atoms with Gasteiger partial charge >= 0.3 is 5.69 Å². The molecule has 1 aromatic carbocycles. The number of imidazole rings is 1. The van der Waals surface area contributed by atoms with Crippen molar-refractivity contribution in [3.05, 3.63) is 55.7 Å². The van der Waals surface area contributed by atoms with Crippen LogP contribution in [-0.2, 0) is 20.1 Å². The van der Waals surface area contributed by atoms with E-state index in [-0.39, 0.29) is 5.56 Å². The second kappa shape index (κ2) is 8.34. The summed E-state index contributed by atoms with van der Waals surface area (Å²) in [5, 5.41) is 0. The smallest absolute Gasteiger partial charge is 0.329 e. The molecule has 1 aliphatic rings. The van der Waals surface area contributed by atoms with Crippen molar-refractivity contribution in [3.63, 3.8) is 0 Å². The fraction of sp³-hybridized carbons (Fsp3) is 0.522. The first-order chi connectivity index (χ1) is 14.7. The highest BCUT2D eigenvalue weighted by atomic mass is 16.2. The SMILES string of the molecule is Cc1ccc(C)c(CN2CCN(c3nc4c(c(=O)[nH]c(=O)n4C)n3CC(C)C)CC2)c1. The van der Waals surface area contributed by atoms with Gasteiger partial charge in [0.25, 0.3) is 5.56 Å². The monoisotopic (exact) mass is 424 g/mol. The van der Waals surface area contributed by atoms with Crippen LogP contribution in [0.15, 0.2) is 27.8 Å². The van der Waals surface area contributed by atoms with E-state index in [1.807, 2.05) is 4.57 Å². The summed E-state index contributed by atoms with van der Waals surface area (Å²) >= 11 is 0. The summed E-state index contributed by atoms with van der Waals surface area (Å²) in [5.74, 6) is 1.13. The molecule has 0 spiro atoms. The zero-order valence-corrected chi connectivity index (χ0v) is 19.1. The van der Waals surface area contributed by atoms with Crippen LogP contribution in [0.2, 0.25) is 0 Å². The van der Waals surface area contributed by atoms with Gasteiger partial charge in [-0.2, -0.15) is 4.98 Å². The van der Waals surface area contributed by atoms with Gasteiger partial charge in [-0.25, -0.2) is 4.79 Å².